The number of hydrogen-bond acceptors (Lipinski definition) is 5. The van der Waals surface area contributed by atoms with Crippen LogP contribution in [0.4, 0.5) is 0 Å². The number of hydrogen-bond donors (Lipinski definition) is 1. The first kappa shape index (κ1) is 11.5. The number of aromatic nitrogens is 2. The van der Waals surface area contributed by atoms with E-state index < -0.39 is 0 Å². The lowest BCUT2D eigenvalue weighted by Crippen LogP contribution is -2.20. The van der Waals surface area contributed by atoms with Gasteiger partial charge in [0.15, 0.2) is 5.82 Å². The summed E-state index contributed by atoms with van der Waals surface area (Å²) in [5, 5.41) is 12.7. The average molecular weight is 225 g/mol. The van der Waals surface area contributed by atoms with E-state index in [9.17, 15) is 0 Å². The van der Waals surface area contributed by atoms with Gasteiger partial charge in [0.2, 0.25) is 5.89 Å². The lowest BCUT2D eigenvalue weighted by atomic mass is 10.1. The molecule has 0 aromatic carbocycles. The van der Waals surface area contributed by atoms with Crippen LogP contribution in [0.25, 0.3) is 0 Å². The first-order valence-electron chi connectivity index (χ1n) is 5.96. The summed E-state index contributed by atoms with van der Waals surface area (Å²) in [6.45, 7) is 5.70. The van der Waals surface area contributed by atoms with Crippen LogP contribution in [0.1, 0.15) is 25.1 Å². The highest BCUT2D eigenvalue weighted by molar-refractivity contribution is 4.91. The molecule has 0 aliphatic carbocycles. The Kier molecular flexibility index (Phi) is 3.90. The number of aliphatic hydroxyl groups is 1. The third kappa shape index (κ3) is 2.80. The largest absolute Gasteiger partial charge is 0.396 e. The first-order chi connectivity index (χ1) is 7.81. The fourth-order valence-electron chi connectivity index (χ4n) is 2.20. The molecule has 2 rings (SSSR count). The van der Waals surface area contributed by atoms with Gasteiger partial charge >= 0.3 is 0 Å². The van der Waals surface area contributed by atoms with Crippen molar-refractivity contribution < 1.29 is 9.63 Å². The third-order valence-corrected chi connectivity index (χ3v) is 3.12. The van der Waals surface area contributed by atoms with Gasteiger partial charge in [-0.1, -0.05) is 12.1 Å². The van der Waals surface area contributed by atoms with Crippen molar-refractivity contribution >= 4 is 0 Å². The summed E-state index contributed by atoms with van der Waals surface area (Å²) in [5.74, 6) is 1.98. The molecular weight excluding hydrogens is 206 g/mol. The molecule has 1 aromatic heterocycles. The van der Waals surface area contributed by atoms with Crippen molar-refractivity contribution in [3.05, 3.63) is 11.7 Å². The first-order valence-corrected chi connectivity index (χ1v) is 5.96. The van der Waals surface area contributed by atoms with E-state index in [4.69, 9.17) is 9.63 Å². The van der Waals surface area contributed by atoms with Gasteiger partial charge in [-0.15, -0.1) is 0 Å². The molecule has 0 spiro atoms. The number of aliphatic hydroxyl groups excluding tert-OH is 1. The van der Waals surface area contributed by atoms with Gasteiger partial charge in [0, 0.05) is 13.0 Å². The maximum atomic E-state index is 8.75. The van der Waals surface area contributed by atoms with Gasteiger partial charge in [0.05, 0.1) is 13.0 Å². The van der Waals surface area contributed by atoms with E-state index >= 15 is 0 Å². The number of rotatable bonds is 5. The Morgan fingerprint density at radius 1 is 1.56 bits per heavy atom. The highest BCUT2D eigenvalue weighted by atomic mass is 16.5. The molecule has 1 atom stereocenters. The second-order valence-electron chi connectivity index (χ2n) is 4.33. The van der Waals surface area contributed by atoms with Crippen LogP contribution in [-0.2, 0) is 12.8 Å². The maximum Gasteiger partial charge on any atom is 0.228 e. The monoisotopic (exact) mass is 225 g/mol. The lowest BCUT2D eigenvalue weighted by molar-refractivity contribution is 0.273. The van der Waals surface area contributed by atoms with Gasteiger partial charge in [-0.2, -0.15) is 4.98 Å². The Bertz CT molecular complexity index is 327. The zero-order chi connectivity index (χ0) is 11.4. The van der Waals surface area contributed by atoms with E-state index in [1.807, 2.05) is 0 Å². The van der Waals surface area contributed by atoms with Gasteiger partial charge < -0.3 is 14.5 Å². The van der Waals surface area contributed by atoms with Gasteiger partial charge in [0.1, 0.15) is 0 Å². The third-order valence-electron chi connectivity index (χ3n) is 3.12. The van der Waals surface area contributed by atoms with Gasteiger partial charge in [0.25, 0.3) is 0 Å². The molecule has 1 aliphatic rings. The topological polar surface area (TPSA) is 62.4 Å². The molecule has 16 heavy (non-hydrogen) atoms. The lowest BCUT2D eigenvalue weighted by Gasteiger charge is -2.11. The zero-order valence-electron chi connectivity index (χ0n) is 9.72. The molecule has 90 valence electrons. The molecule has 5 heteroatoms. The minimum Gasteiger partial charge on any atom is -0.396 e. The Balaban J connectivity index is 1.84. The second kappa shape index (κ2) is 5.41. The molecule has 1 N–H and O–H groups in total. The molecule has 1 aliphatic heterocycles. The van der Waals surface area contributed by atoms with Gasteiger partial charge in [-0.05, 0) is 25.4 Å². The van der Waals surface area contributed by atoms with Crippen molar-refractivity contribution in [3.63, 3.8) is 0 Å². The van der Waals surface area contributed by atoms with Gasteiger partial charge in [-0.25, -0.2) is 0 Å². The minimum absolute atomic E-state index is 0.0642. The fraction of sp³-hybridized carbons (Fsp3) is 0.818. The van der Waals surface area contributed by atoms with E-state index in [1.165, 1.54) is 13.0 Å². The van der Waals surface area contributed by atoms with Gasteiger partial charge in [-0.3, -0.25) is 0 Å². The zero-order valence-corrected chi connectivity index (χ0v) is 9.72. The Morgan fingerprint density at radius 2 is 2.44 bits per heavy atom. The van der Waals surface area contributed by atoms with Crippen LogP contribution in [0.3, 0.4) is 0 Å². The number of likely N-dealkylation sites (tertiary alicyclic amines) is 1. The minimum atomic E-state index is 0.0642. The van der Waals surface area contributed by atoms with Crippen molar-refractivity contribution in [1.82, 2.24) is 15.0 Å². The SMILES string of the molecule is CCN1CCC(Cc2noc(CCO)n2)C1. The Hall–Kier alpha value is -0.940. The summed E-state index contributed by atoms with van der Waals surface area (Å²) in [6, 6.07) is 0. The summed E-state index contributed by atoms with van der Waals surface area (Å²) in [7, 11) is 0. The van der Waals surface area contributed by atoms with Crippen LogP contribution in [0.15, 0.2) is 4.52 Å². The molecular formula is C11H19N3O2. The van der Waals surface area contributed by atoms with E-state index in [0.717, 1.165) is 25.3 Å². The van der Waals surface area contributed by atoms with Crippen LogP contribution >= 0.6 is 0 Å². The van der Waals surface area contributed by atoms with Crippen molar-refractivity contribution in [3.8, 4) is 0 Å². The summed E-state index contributed by atoms with van der Waals surface area (Å²) in [6.07, 6.45) is 2.57. The molecule has 2 heterocycles. The summed E-state index contributed by atoms with van der Waals surface area (Å²) in [4.78, 5) is 6.70. The Labute approximate surface area is 95.4 Å². The second-order valence-corrected chi connectivity index (χ2v) is 4.33. The molecule has 0 saturated carbocycles. The van der Waals surface area contributed by atoms with E-state index in [0.29, 0.717) is 18.2 Å². The predicted molar refractivity (Wildman–Crippen MR) is 59.0 cm³/mol. The number of nitrogens with zero attached hydrogens (tertiary/aromatic N) is 3. The van der Waals surface area contributed by atoms with Crippen LogP contribution in [-0.4, -0.2) is 46.4 Å². The molecule has 1 saturated heterocycles. The highest BCUT2D eigenvalue weighted by Gasteiger charge is 2.23. The fourth-order valence-corrected chi connectivity index (χ4v) is 2.20. The van der Waals surface area contributed by atoms with Crippen LogP contribution < -0.4 is 0 Å². The smallest absolute Gasteiger partial charge is 0.228 e. The predicted octanol–water partition coefficient (Wildman–Crippen LogP) is 0.489. The normalized spacial score (nSPS) is 21.8. The van der Waals surface area contributed by atoms with E-state index in [2.05, 4.69) is 22.0 Å². The molecule has 1 unspecified atom stereocenters. The standard InChI is InChI=1S/C11H19N3O2/c1-2-14-5-3-9(8-14)7-10-12-11(4-6-15)16-13-10/h9,15H,2-8H2,1H3. The van der Waals surface area contributed by atoms with Crippen LogP contribution in [0, 0.1) is 5.92 Å². The van der Waals surface area contributed by atoms with Crippen molar-refractivity contribution in [1.29, 1.82) is 0 Å². The summed E-state index contributed by atoms with van der Waals surface area (Å²) < 4.78 is 5.03. The van der Waals surface area contributed by atoms with Crippen LogP contribution in [0.5, 0.6) is 0 Å². The van der Waals surface area contributed by atoms with Crippen molar-refractivity contribution in [2.75, 3.05) is 26.2 Å². The molecule has 0 amide bonds. The highest BCUT2D eigenvalue weighted by Crippen LogP contribution is 2.19. The molecule has 0 bridgehead atoms. The van der Waals surface area contributed by atoms with Crippen molar-refractivity contribution in [2.24, 2.45) is 5.92 Å². The molecule has 1 aromatic rings. The van der Waals surface area contributed by atoms with E-state index in [1.54, 1.807) is 0 Å². The van der Waals surface area contributed by atoms with Crippen molar-refractivity contribution in [2.45, 2.75) is 26.2 Å². The average Bonchev–Trinajstić information content (AvgIpc) is 2.89. The Morgan fingerprint density at radius 3 is 3.12 bits per heavy atom. The molecule has 1 fully saturated rings. The summed E-state index contributed by atoms with van der Waals surface area (Å²) >= 11 is 0. The summed E-state index contributed by atoms with van der Waals surface area (Å²) in [5.41, 5.74) is 0. The molecule has 5 nitrogen and oxygen atoms in total. The maximum absolute atomic E-state index is 8.75. The van der Waals surface area contributed by atoms with Crippen LogP contribution in [0.2, 0.25) is 0 Å². The molecule has 0 radical (unpaired) electrons. The van der Waals surface area contributed by atoms with E-state index in [-0.39, 0.29) is 6.61 Å². The quantitative estimate of drug-likeness (QED) is 0.790.